The second-order valence-electron chi connectivity index (χ2n) is 7.12. The van der Waals surface area contributed by atoms with Crippen LogP contribution in [0, 0.1) is 6.92 Å². The van der Waals surface area contributed by atoms with E-state index in [9.17, 15) is 0 Å². The summed E-state index contributed by atoms with van der Waals surface area (Å²) in [4.78, 5) is 9.37. The molecule has 0 saturated carbocycles. The highest BCUT2D eigenvalue weighted by molar-refractivity contribution is 5.77. The number of rotatable bonds is 11. The van der Waals surface area contributed by atoms with Gasteiger partial charge in [-0.15, -0.1) is 0 Å². The molecule has 0 amide bonds. The maximum Gasteiger partial charge on any atom is 0.188 e. The van der Waals surface area contributed by atoms with Crippen LogP contribution in [0.3, 0.4) is 0 Å². The van der Waals surface area contributed by atoms with Crippen LogP contribution in [0.1, 0.15) is 31.7 Å². The highest BCUT2D eigenvalue weighted by Crippen LogP contribution is 2.17. The van der Waals surface area contributed by atoms with Crippen LogP contribution in [-0.2, 0) is 4.74 Å². The van der Waals surface area contributed by atoms with Crippen molar-refractivity contribution in [1.82, 2.24) is 10.2 Å². The maximum atomic E-state index is 5.88. The molecule has 27 heavy (non-hydrogen) atoms. The van der Waals surface area contributed by atoms with E-state index in [1.807, 2.05) is 6.92 Å². The molecule has 2 rings (SSSR count). The summed E-state index contributed by atoms with van der Waals surface area (Å²) in [6.07, 6.45) is 3.23. The smallest absolute Gasteiger partial charge is 0.188 e. The van der Waals surface area contributed by atoms with Gasteiger partial charge in [0, 0.05) is 58.2 Å². The number of nitrogens with zero attached hydrogens (tertiary/aromatic N) is 3. The van der Waals surface area contributed by atoms with Gasteiger partial charge in [0.15, 0.2) is 5.96 Å². The number of benzene rings is 1. The SMILES string of the molecule is CCOCCCN=C(N)NCCCCN1CCN(c2cccc(C)c2)CC1. The van der Waals surface area contributed by atoms with Gasteiger partial charge in [-0.2, -0.15) is 0 Å². The fourth-order valence-electron chi connectivity index (χ4n) is 3.30. The van der Waals surface area contributed by atoms with E-state index in [0.29, 0.717) is 5.96 Å². The van der Waals surface area contributed by atoms with Gasteiger partial charge in [0.1, 0.15) is 0 Å². The van der Waals surface area contributed by atoms with Gasteiger partial charge < -0.3 is 20.7 Å². The molecule has 0 aromatic heterocycles. The molecule has 0 unspecified atom stereocenters. The summed E-state index contributed by atoms with van der Waals surface area (Å²) in [6.45, 7) is 13.0. The lowest BCUT2D eigenvalue weighted by atomic mass is 10.2. The monoisotopic (exact) mass is 375 g/mol. The fourth-order valence-corrected chi connectivity index (χ4v) is 3.30. The molecule has 6 heteroatoms. The molecular formula is C21H37N5O. The molecule has 1 aromatic carbocycles. The number of piperazine rings is 1. The molecule has 3 N–H and O–H groups in total. The lowest BCUT2D eigenvalue weighted by Crippen LogP contribution is -2.46. The van der Waals surface area contributed by atoms with Crippen molar-refractivity contribution >= 4 is 11.6 Å². The van der Waals surface area contributed by atoms with Gasteiger partial charge in [0.05, 0.1) is 0 Å². The second kappa shape index (κ2) is 12.6. The Balaban J connectivity index is 1.51. The number of nitrogens with two attached hydrogens (primary N) is 1. The van der Waals surface area contributed by atoms with E-state index >= 15 is 0 Å². The van der Waals surface area contributed by atoms with Crippen molar-refractivity contribution in [3.8, 4) is 0 Å². The zero-order valence-corrected chi connectivity index (χ0v) is 17.1. The number of anilines is 1. The van der Waals surface area contributed by atoms with E-state index in [1.54, 1.807) is 0 Å². The minimum atomic E-state index is 0.554. The van der Waals surface area contributed by atoms with Crippen molar-refractivity contribution < 1.29 is 4.74 Å². The number of aliphatic imine (C=N–C) groups is 1. The molecule has 6 nitrogen and oxygen atoms in total. The highest BCUT2D eigenvalue weighted by Gasteiger charge is 2.16. The third kappa shape index (κ3) is 8.63. The van der Waals surface area contributed by atoms with Gasteiger partial charge in [-0.25, -0.2) is 0 Å². The first-order chi connectivity index (χ1) is 13.2. The predicted molar refractivity (Wildman–Crippen MR) is 115 cm³/mol. The van der Waals surface area contributed by atoms with Gasteiger partial charge in [0.2, 0.25) is 0 Å². The first-order valence-corrected chi connectivity index (χ1v) is 10.3. The van der Waals surface area contributed by atoms with E-state index in [2.05, 4.69) is 51.3 Å². The number of unbranched alkanes of at least 4 members (excludes halogenated alkanes) is 1. The highest BCUT2D eigenvalue weighted by atomic mass is 16.5. The third-order valence-corrected chi connectivity index (χ3v) is 4.88. The number of hydrogen-bond donors (Lipinski definition) is 2. The Morgan fingerprint density at radius 2 is 2.00 bits per heavy atom. The molecule has 0 aliphatic carbocycles. The second-order valence-corrected chi connectivity index (χ2v) is 7.12. The Labute approximate surface area is 164 Å². The maximum absolute atomic E-state index is 5.88. The molecule has 152 valence electrons. The quantitative estimate of drug-likeness (QED) is 0.353. The summed E-state index contributed by atoms with van der Waals surface area (Å²) in [7, 11) is 0. The predicted octanol–water partition coefficient (Wildman–Crippen LogP) is 2.23. The largest absolute Gasteiger partial charge is 0.382 e. The number of nitrogens with one attached hydrogen (secondary N) is 1. The van der Waals surface area contributed by atoms with Crippen LogP contribution in [0.4, 0.5) is 5.69 Å². The van der Waals surface area contributed by atoms with Crippen molar-refractivity contribution in [2.45, 2.75) is 33.1 Å². The van der Waals surface area contributed by atoms with E-state index in [-0.39, 0.29) is 0 Å². The van der Waals surface area contributed by atoms with Crippen molar-refractivity contribution in [3.05, 3.63) is 29.8 Å². The molecule has 0 bridgehead atoms. The van der Waals surface area contributed by atoms with Crippen molar-refractivity contribution in [3.63, 3.8) is 0 Å². The molecular weight excluding hydrogens is 338 g/mol. The lowest BCUT2D eigenvalue weighted by molar-refractivity contribution is 0.146. The Morgan fingerprint density at radius 3 is 2.74 bits per heavy atom. The van der Waals surface area contributed by atoms with E-state index in [0.717, 1.165) is 71.9 Å². The van der Waals surface area contributed by atoms with Gasteiger partial charge >= 0.3 is 0 Å². The van der Waals surface area contributed by atoms with E-state index < -0.39 is 0 Å². The summed E-state index contributed by atoms with van der Waals surface area (Å²) in [5.74, 6) is 0.554. The summed E-state index contributed by atoms with van der Waals surface area (Å²) in [5.41, 5.74) is 8.57. The standard InChI is InChI=1S/C21H37N5O/c1-3-27-17-7-11-24-21(22)23-10-4-5-12-25-13-15-26(16-14-25)20-9-6-8-19(2)18-20/h6,8-9,18H,3-5,7,10-17H2,1-2H3,(H3,22,23,24). The first-order valence-electron chi connectivity index (χ1n) is 10.3. The topological polar surface area (TPSA) is 66.1 Å². The van der Waals surface area contributed by atoms with Crippen LogP contribution in [0.15, 0.2) is 29.3 Å². The average molecular weight is 376 g/mol. The van der Waals surface area contributed by atoms with Gasteiger partial charge in [-0.05, 0) is 57.4 Å². The van der Waals surface area contributed by atoms with Crippen LogP contribution in [-0.4, -0.2) is 69.9 Å². The lowest BCUT2D eigenvalue weighted by Gasteiger charge is -2.36. The molecule has 0 radical (unpaired) electrons. The minimum Gasteiger partial charge on any atom is -0.382 e. The van der Waals surface area contributed by atoms with Crippen LogP contribution >= 0.6 is 0 Å². The van der Waals surface area contributed by atoms with Crippen molar-refractivity contribution in [1.29, 1.82) is 0 Å². The molecule has 0 atom stereocenters. The fraction of sp³-hybridized carbons (Fsp3) is 0.667. The normalized spacial score (nSPS) is 15.9. The first kappa shape index (κ1) is 21.5. The number of ether oxygens (including phenoxy) is 1. The molecule has 1 heterocycles. The zero-order chi connectivity index (χ0) is 19.3. The summed E-state index contributed by atoms with van der Waals surface area (Å²) < 4.78 is 5.28. The number of guanidine groups is 1. The zero-order valence-electron chi connectivity index (χ0n) is 17.1. The van der Waals surface area contributed by atoms with E-state index in [4.69, 9.17) is 10.5 Å². The number of hydrogen-bond acceptors (Lipinski definition) is 4. The van der Waals surface area contributed by atoms with Crippen LogP contribution in [0.25, 0.3) is 0 Å². The number of aryl methyl sites for hydroxylation is 1. The molecule has 0 spiro atoms. The Hall–Kier alpha value is -1.79. The third-order valence-electron chi connectivity index (χ3n) is 4.88. The Bertz CT molecular complexity index is 555. The Morgan fingerprint density at radius 1 is 1.19 bits per heavy atom. The minimum absolute atomic E-state index is 0.554. The van der Waals surface area contributed by atoms with Crippen molar-refractivity contribution in [2.75, 3.05) is 63.9 Å². The van der Waals surface area contributed by atoms with Crippen LogP contribution < -0.4 is 16.0 Å². The van der Waals surface area contributed by atoms with Crippen LogP contribution in [0.2, 0.25) is 0 Å². The summed E-state index contributed by atoms with van der Waals surface area (Å²) in [6, 6.07) is 8.81. The Kier molecular flexibility index (Phi) is 10.0. The van der Waals surface area contributed by atoms with Gasteiger partial charge in [0.25, 0.3) is 0 Å². The van der Waals surface area contributed by atoms with E-state index in [1.165, 1.54) is 17.7 Å². The molecule has 1 saturated heterocycles. The molecule has 1 fully saturated rings. The summed E-state index contributed by atoms with van der Waals surface area (Å²) in [5, 5.41) is 3.21. The molecule has 1 aliphatic heterocycles. The molecule has 1 aromatic rings. The molecule has 1 aliphatic rings. The average Bonchev–Trinajstić information content (AvgIpc) is 2.68. The van der Waals surface area contributed by atoms with Gasteiger partial charge in [-0.1, -0.05) is 12.1 Å². The summed E-state index contributed by atoms with van der Waals surface area (Å²) >= 11 is 0. The van der Waals surface area contributed by atoms with Crippen molar-refractivity contribution in [2.24, 2.45) is 10.7 Å². The van der Waals surface area contributed by atoms with Gasteiger partial charge in [-0.3, -0.25) is 9.89 Å². The van der Waals surface area contributed by atoms with Crippen LogP contribution in [0.5, 0.6) is 0 Å².